The molecule has 3 aromatic rings. The molecule has 1 aromatic heterocycles. The van der Waals surface area contributed by atoms with E-state index in [1.807, 2.05) is 54.6 Å². The number of nitrogens with zero attached hydrogens (tertiary/aromatic N) is 1. The number of pyridine rings is 1. The molecule has 0 aliphatic heterocycles. The van der Waals surface area contributed by atoms with Gasteiger partial charge in [0.05, 0.1) is 11.6 Å². The Kier molecular flexibility index (Phi) is 11.0. The third-order valence-electron chi connectivity index (χ3n) is 5.36. The van der Waals surface area contributed by atoms with Gasteiger partial charge in [0, 0.05) is 17.3 Å². The first-order valence-electron chi connectivity index (χ1n) is 10.1. The zero-order valence-electron chi connectivity index (χ0n) is 19.4. The molecule has 0 bridgehead atoms. The predicted molar refractivity (Wildman–Crippen MR) is 119 cm³/mol. The van der Waals surface area contributed by atoms with Crippen molar-refractivity contribution in [3.8, 4) is 11.5 Å². The van der Waals surface area contributed by atoms with Crippen molar-refractivity contribution in [1.82, 2.24) is 4.98 Å². The standard InChI is InChI=1S/C26H31NO2.2ClH.Ti/c1-25(2,3)19-13-9-11-17(23(19)28)22(21-15-7-8-16-27-21)18-12-10-14-20(24(18)29)26(4,5)6;;;/h7-16,22,28-29H,1-6H3;2*1H;/q;;;+2/p-2. The van der Waals surface area contributed by atoms with Gasteiger partial charge < -0.3 is 35.0 Å². The minimum atomic E-state index is -0.374. The van der Waals surface area contributed by atoms with Crippen molar-refractivity contribution in [1.29, 1.82) is 0 Å². The second kappa shape index (κ2) is 11.6. The van der Waals surface area contributed by atoms with E-state index in [1.165, 1.54) is 0 Å². The van der Waals surface area contributed by atoms with Crippen molar-refractivity contribution in [2.24, 2.45) is 0 Å². The molecular formula is C26H31Cl2NO2Ti. The fourth-order valence-electron chi connectivity index (χ4n) is 3.83. The van der Waals surface area contributed by atoms with Crippen LogP contribution in [0.15, 0.2) is 60.8 Å². The summed E-state index contributed by atoms with van der Waals surface area (Å²) in [5.41, 5.74) is 3.63. The van der Waals surface area contributed by atoms with E-state index in [0.29, 0.717) is 0 Å². The van der Waals surface area contributed by atoms with E-state index in [4.69, 9.17) is 0 Å². The summed E-state index contributed by atoms with van der Waals surface area (Å²) in [6.45, 7) is 12.5. The molecule has 32 heavy (non-hydrogen) atoms. The molecule has 6 heteroatoms. The number of phenols is 2. The van der Waals surface area contributed by atoms with Crippen molar-refractivity contribution in [2.45, 2.75) is 58.3 Å². The third-order valence-corrected chi connectivity index (χ3v) is 5.36. The summed E-state index contributed by atoms with van der Waals surface area (Å²) in [6, 6.07) is 17.4. The van der Waals surface area contributed by atoms with Crippen molar-refractivity contribution < 1.29 is 56.7 Å². The van der Waals surface area contributed by atoms with Gasteiger partial charge in [-0.25, -0.2) is 0 Å². The molecule has 0 unspecified atom stereocenters. The number of phenolic OH excluding ortho intramolecular Hbond substituents is 2. The van der Waals surface area contributed by atoms with E-state index in [9.17, 15) is 10.2 Å². The molecule has 0 fully saturated rings. The zero-order valence-corrected chi connectivity index (χ0v) is 22.5. The van der Waals surface area contributed by atoms with Crippen LogP contribution in [-0.2, 0) is 32.5 Å². The number of aromatic nitrogens is 1. The van der Waals surface area contributed by atoms with Gasteiger partial charge >= 0.3 is 21.7 Å². The van der Waals surface area contributed by atoms with E-state index in [2.05, 4.69) is 46.5 Å². The predicted octanol–water partition coefficient (Wildman–Crippen LogP) is 0.274. The molecule has 2 N–H and O–H groups in total. The maximum atomic E-state index is 11.2. The summed E-state index contributed by atoms with van der Waals surface area (Å²) >= 11 is 0. The molecule has 2 aromatic carbocycles. The normalized spacial score (nSPS) is 11.2. The molecule has 3 rings (SSSR count). The average Bonchev–Trinajstić information content (AvgIpc) is 2.63. The minimum Gasteiger partial charge on any atom is -1.00 e. The van der Waals surface area contributed by atoms with Crippen molar-refractivity contribution in [2.75, 3.05) is 0 Å². The Labute approximate surface area is 219 Å². The first kappa shape index (κ1) is 30.5. The van der Waals surface area contributed by atoms with Crippen molar-refractivity contribution in [3.05, 3.63) is 88.7 Å². The molecule has 1 heterocycles. The van der Waals surface area contributed by atoms with Crippen LogP contribution in [-0.4, -0.2) is 15.2 Å². The van der Waals surface area contributed by atoms with E-state index < -0.39 is 0 Å². The van der Waals surface area contributed by atoms with Gasteiger partial charge in [-0.2, -0.15) is 0 Å². The van der Waals surface area contributed by atoms with Gasteiger partial charge in [-0.05, 0) is 34.1 Å². The summed E-state index contributed by atoms with van der Waals surface area (Å²) in [5.74, 6) is 0.147. The van der Waals surface area contributed by atoms with Gasteiger partial charge in [0.25, 0.3) is 0 Å². The summed E-state index contributed by atoms with van der Waals surface area (Å²) in [6.07, 6.45) is 1.75. The molecule has 0 amide bonds. The summed E-state index contributed by atoms with van der Waals surface area (Å²) in [4.78, 5) is 4.58. The first-order valence-corrected chi connectivity index (χ1v) is 10.1. The summed E-state index contributed by atoms with van der Waals surface area (Å²) in [7, 11) is 0. The van der Waals surface area contributed by atoms with Crippen LogP contribution in [0.3, 0.4) is 0 Å². The fourth-order valence-corrected chi connectivity index (χ4v) is 3.83. The number of hydrogen-bond donors (Lipinski definition) is 2. The minimum absolute atomic E-state index is 0. The van der Waals surface area contributed by atoms with Gasteiger partial charge in [-0.15, -0.1) is 0 Å². The first-order chi connectivity index (χ1) is 13.5. The Morgan fingerprint density at radius 3 is 1.44 bits per heavy atom. The Hall–Kier alpha value is -1.52. The van der Waals surface area contributed by atoms with Crippen LogP contribution < -0.4 is 24.8 Å². The van der Waals surface area contributed by atoms with Gasteiger partial charge in [0.15, 0.2) is 0 Å². The smallest absolute Gasteiger partial charge is 1.00 e. The van der Waals surface area contributed by atoms with Gasteiger partial charge in [0.2, 0.25) is 0 Å². The largest absolute Gasteiger partial charge is 2.00 e. The Morgan fingerprint density at radius 1 is 0.656 bits per heavy atom. The van der Waals surface area contributed by atoms with E-state index in [1.54, 1.807) is 6.20 Å². The maximum Gasteiger partial charge on any atom is 2.00 e. The topological polar surface area (TPSA) is 53.4 Å². The Morgan fingerprint density at radius 2 is 1.09 bits per heavy atom. The van der Waals surface area contributed by atoms with Crippen LogP contribution in [0.1, 0.15) is 75.4 Å². The summed E-state index contributed by atoms with van der Waals surface area (Å²) < 4.78 is 0. The van der Waals surface area contributed by atoms with Crippen LogP contribution in [0.5, 0.6) is 11.5 Å². The molecule has 0 aliphatic rings. The molecule has 3 nitrogen and oxygen atoms in total. The maximum absolute atomic E-state index is 11.2. The van der Waals surface area contributed by atoms with Crippen LogP contribution >= 0.6 is 0 Å². The monoisotopic (exact) mass is 507 g/mol. The van der Waals surface area contributed by atoms with E-state index in [-0.39, 0.29) is 74.8 Å². The Bertz CT molecular complexity index is 949. The zero-order chi connectivity index (χ0) is 21.4. The SMILES string of the molecule is CC(C)(C)c1cccc(C(c2ccccn2)c2cccc(C(C)(C)C)c2O)c1O.[Cl-].[Cl-].[Ti+2]. The number of hydrogen-bond acceptors (Lipinski definition) is 3. The number of rotatable bonds is 3. The second-order valence-electron chi connectivity index (χ2n) is 9.67. The molecule has 0 saturated heterocycles. The van der Waals surface area contributed by atoms with E-state index in [0.717, 1.165) is 27.9 Å². The van der Waals surface area contributed by atoms with Gasteiger partial charge in [-0.3, -0.25) is 4.98 Å². The number of benzene rings is 2. The Balaban J connectivity index is 0.00000320. The average molecular weight is 508 g/mol. The molecule has 0 atom stereocenters. The molecule has 170 valence electrons. The quantitative estimate of drug-likeness (QED) is 0.500. The van der Waals surface area contributed by atoms with Gasteiger partial charge in [-0.1, -0.05) is 84.0 Å². The van der Waals surface area contributed by atoms with Crippen molar-refractivity contribution >= 4 is 0 Å². The molecular weight excluding hydrogens is 477 g/mol. The molecule has 0 spiro atoms. The molecule has 0 radical (unpaired) electrons. The number of halogens is 2. The van der Waals surface area contributed by atoms with Crippen LogP contribution in [0.25, 0.3) is 0 Å². The molecule has 0 saturated carbocycles. The van der Waals surface area contributed by atoms with E-state index >= 15 is 0 Å². The van der Waals surface area contributed by atoms with Crippen LogP contribution in [0.2, 0.25) is 0 Å². The number of para-hydroxylation sites is 2. The molecule has 0 aliphatic carbocycles. The van der Waals surface area contributed by atoms with Crippen LogP contribution in [0.4, 0.5) is 0 Å². The second-order valence-corrected chi connectivity index (χ2v) is 9.67. The number of aromatic hydroxyl groups is 2. The fraction of sp³-hybridized carbons (Fsp3) is 0.346. The van der Waals surface area contributed by atoms with Gasteiger partial charge in [0.1, 0.15) is 11.5 Å². The third kappa shape index (κ3) is 6.29. The summed E-state index contributed by atoms with van der Waals surface area (Å²) in [5, 5.41) is 22.5. The van der Waals surface area contributed by atoms with Crippen LogP contribution in [0, 0.1) is 0 Å². The van der Waals surface area contributed by atoms with Crippen molar-refractivity contribution in [3.63, 3.8) is 0 Å².